The second-order valence-corrected chi connectivity index (χ2v) is 4.96. The van der Waals surface area contributed by atoms with E-state index in [1.807, 2.05) is 6.92 Å². The van der Waals surface area contributed by atoms with Crippen LogP contribution in [0, 0.1) is 12.7 Å². The minimum absolute atomic E-state index is 0.147. The molecule has 0 radical (unpaired) electrons. The summed E-state index contributed by atoms with van der Waals surface area (Å²) < 4.78 is 13.8. The van der Waals surface area contributed by atoms with Gasteiger partial charge in [0.15, 0.2) is 0 Å². The summed E-state index contributed by atoms with van der Waals surface area (Å²) in [5.74, 6) is -1.44. The molecule has 19 heavy (non-hydrogen) atoms. The summed E-state index contributed by atoms with van der Waals surface area (Å²) in [6, 6.07) is 9.49. The van der Waals surface area contributed by atoms with Gasteiger partial charge in [-0.2, -0.15) is 0 Å². The molecule has 0 unspecified atom stereocenters. The molecule has 0 aliphatic carbocycles. The summed E-state index contributed by atoms with van der Waals surface area (Å²) in [7, 11) is 0. The number of carboxylic acids is 1. The molecule has 0 saturated heterocycles. The van der Waals surface area contributed by atoms with Crippen molar-refractivity contribution < 1.29 is 14.3 Å². The first-order chi connectivity index (χ1) is 8.97. The van der Waals surface area contributed by atoms with Crippen LogP contribution in [0.2, 0.25) is 0 Å². The van der Waals surface area contributed by atoms with Gasteiger partial charge in [0.25, 0.3) is 0 Å². The Morgan fingerprint density at radius 2 is 2.00 bits per heavy atom. The highest BCUT2D eigenvalue weighted by Crippen LogP contribution is 2.25. The van der Waals surface area contributed by atoms with Gasteiger partial charge in [-0.05, 0) is 58.7 Å². The van der Waals surface area contributed by atoms with Gasteiger partial charge >= 0.3 is 5.97 Å². The van der Waals surface area contributed by atoms with Gasteiger partial charge in [-0.1, -0.05) is 6.07 Å². The number of halogens is 2. The number of hydrogen-bond donors (Lipinski definition) is 2. The fraction of sp³-hybridized carbons (Fsp3) is 0.0714. The highest BCUT2D eigenvalue weighted by atomic mass is 79.9. The third-order valence-electron chi connectivity index (χ3n) is 2.60. The van der Waals surface area contributed by atoms with E-state index in [0.29, 0.717) is 15.8 Å². The molecule has 3 nitrogen and oxygen atoms in total. The molecule has 0 aromatic heterocycles. The van der Waals surface area contributed by atoms with Crippen LogP contribution < -0.4 is 5.32 Å². The smallest absolute Gasteiger partial charge is 0.337 e. The lowest BCUT2D eigenvalue weighted by Crippen LogP contribution is -2.03. The van der Waals surface area contributed by atoms with E-state index in [0.717, 1.165) is 5.56 Å². The number of aromatic carboxylic acids is 1. The molecule has 2 rings (SSSR count). The molecule has 98 valence electrons. The molecule has 2 N–H and O–H groups in total. The fourth-order valence-corrected chi connectivity index (χ4v) is 1.92. The van der Waals surface area contributed by atoms with E-state index >= 15 is 0 Å². The van der Waals surface area contributed by atoms with E-state index in [1.54, 1.807) is 24.3 Å². The van der Waals surface area contributed by atoms with E-state index in [1.165, 1.54) is 12.1 Å². The van der Waals surface area contributed by atoms with Gasteiger partial charge in [-0.3, -0.25) is 0 Å². The summed E-state index contributed by atoms with van der Waals surface area (Å²) >= 11 is 3.07. The molecule has 0 saturated carbocycles. The van der Waals surface area contributed by atoms with E-state index in [4.69, 9.17) is 5.11 Å². The van der Waals surface area contributed by atoms with Crippen molar-refractivity contribution in [3.63, 3.8) is 0 Å². The molecule has 0 heterocycles. The third-order valence-corrected chi connectivity index (χ3v) is 3.25. The van der Waals surface area contributed by atoms with Crippen LogP contribution in [0.15, 0.2) is 40.9 Å². The molecule has 0 spiro atoms. The normalized spacial score (nSPS) is 10.3. The van der Waals surface area contributed by atoms with Gasteiger partial charge in [0.05, 0.1) is 15.7 Å². The molecule has 0 amide bonds. The second kappa shape index (κ2) is 5.40. The largest absolute Gasteiger partial charge is 0.478 e. The first-order valence-electron chi connectivity index (χ1n) is 5.53. The summed E-state index contributed by atoms with van der Waals surface area (Å²) in [4.78, 5) is 11.1. The zero-order valence-electron chi connectivity index (χ0n) is 10.1. The highest BCUT2D eigenvalue weighted by molar-refractivity contribution is 9.10. The minimum Gasteiger partial charge on any atom is -0.478 e. The maximum atomic E-state index is 13.4. The van der Waals surface area contributed by atoms with Crippen LogP contribution in [0.25, 0.3) is 0 Å². The molecular weight excluding hydrogens is 313 g/mol. The van der Waals surface area contributed by atoms with Crippen molar-refractivity contribution >= 4 is 33.3 Å². The average Bonchev–Trinajstić information content (AvgIpc) is 2.33. The second-order valence-electron chi connectivity index (χ2n) is 4.11. The standard InChI is InChI=1S/C14H11BrFNO2/c1-8-2-4-10(14(18)19)13(6-8)17-9-3-5-11(15)12(16)7-9/h2-7,17H,1H3,(H,18,19). The number of hydrogen-bond acceptors (Lipinski definition) is 2. The van der Waals surface area contributed by atoms with Crippen molar-refractivity contribution in [2.24, 2.45) is 0 Å². The lowest BCUT2D eigenvalue weighted by Gasteiger charge is -2.11. The van der Waals surface area contributed by atoms with Crippen LogP contribution in [0.1, 0.15) is 15.9 Å². The molecule has 0 fully saturated rings. The molecule has 2 aromatic rings. The van der Waals surface area contributed by atoms with Crippen LogP contribution in [-0.2, 0) is 0 Å². The van der Waals surface area contributed by atoms with Crippen LogP contribution >= 0.6 is 15.9 Å². The molecule has 0 aliphatic heterocycles. The van der Waals surface area contributed by atoms with Gasteiger partial charge in [0, 0.05) is 5.69 Å². The SMILES string of the molecule is Cc1ccc(C(=O)O)c(Nc2ccc(Br)c(F)c2)c1. The Balaban J connectivity index is 2.39. The Labute approximate surface area is 118 Å². The zero-order chi connectivity index (χ0) is 14.0. The maximum absolute atomic E-state index is 13.4. The van der Waals surface area contributed by atoms with Crippen molar-refractivity contribution in [3.05, 3.63) is 57.8 Å². The Bertz CT molecular complexity index is 643. The number of benzene rings is 2. The monoisotopic (exact) mass is 323 g/mol. The number of carbonyl (C=O) groups is 1. The predicted molar refractivity (Wildman–Crippen MR) is 75.5 cm³/mol. The quantitative estimate of drug-likeness (QED) is 0.883. The van der Waals surface area contributed by atoms with Crippen molar-refractivity contribution in [2.75, 3.05) is 5.32 Å². The Morgan fingerprint density at radius 1 is 1.26 bits per heavy atom. The number of aryl methyl sites for hydroxylation is 1. The Hall–Kier alpha value is -1.88. The van der Waals surface area contributed by atoms with Crippen molar-refractivity contribution in [3.8, 4) is 0 Å². The van der Waals surface area contributed by atoms with Gasteiger partial charge < -0.3 is 10.4 Å². The van der Waals surface area contributed by atoms with E-state index in [9.17, 15) is 9.18 Å². The number of anilines is 2. The molecule has 0 aliphatic rings. The lowest BCUT2D eigenvalue weighted by molar-refractivity contribution is 0.0698. The molecular formula is C14H11BrFNO2. The minimum atomic E-state index is -1.03. The maximum Gasteiger partial charge on any atom is 0.337 e. The van der Waals surface area contributed by atoms with Gasteiger partial charge in [0.1, 0.15) is 5.82 Å². The predicted octanol–water partition coefficient (Wildman–Crippen LogP) is 4.34. The summed E-state index contributed by atoms with van der Waals surface area (Å²) in [5.41, 5.74) is 2.00. The van der Waals surface area contributed by atoms with Crippen LogP contribution in [0.3, 0.4) is 0 Å². The number of carboxylic acid groups (broad SMARTS) is 1. The van der Waals surface area contributed by atoms with Crippen molar-refractivity contribution in [2.45, 2.75) is 6.92 Å². The van der Waals surface area contributed by atoms with Crippen LogP contribution in [0.4, 0.5) is 15.8 Å². The number of rotatable bonds is 3. The van der Waals surface area contributed by atoms with E-state index in [-0.39, 0.29) is 5.56 Å². The summed E-state index contributed by atoms with van der Waals surface area (Å²) in [5, 5.41) is 12.0. The summed E-state index contributed by atoms with van der Waals surface area (Å²) in [6.45, 7) is 1.86. The molecule has 0 bridgehead atoms. The zero-order valence-corrected chi connectivity index (χ0v) is 11.7. The lowest BCUT2D eigenvalue weighted by atomic mass is 10.1. The number of nitrogens with one attached hydrogen (secondary N) is 1. The van der Waals surface area contributed by atoms with Crippen LogP contribution in [0.5, 0.6) is 0 Å². The topological polar surface area (TPSA) is 49.3 Å². The fourth-order valence-electron chi connectivity index (χ4n) is 1.68. The highest BCUT2D eigenvalue weighted by Gasteiger charge is 2.10. The summed E-state index contributed by atoms with van der Waals surface area (Å²) in [6.07, 6.45) is 0. The molecule has 2 aromatic carbocycles. The molecule has 5 heteroatoms. The molecule has 0 atom stereocenters. The first kappa shape index (κ1) is 13.5. The van der Waals surface area contributed by atoms with Crippen molar-refractivity contribution in [1.29, 1.82) is 0 Å². The van der Waals surface area contributed by atoms with E-state index in [2.05, 4.69) is 21.2 Å². The van der Waals surface area contributed by atoms with Gasteiger partial charge in [0.2, 0.25) is 0 Å². The first-order valence-corrected chi connectivity index (χ1v) is 6.32. The van der Waals surface area contributed by atoms with Gasteiger partial charge in [-0.15, -0.1) is 0 Å². The van der Waals surface area contributed by atoms with Crippen molar-refractivity contribution in [1.82, 2.24) is 0 Å². The van der Waals surface area contributed by atoms with E-state index < -0.39 is 11.8 Å². The van der Waals surface area contributed by atoms with Gasteiger partial charge in [-0.25, -0.2) is 9.18 Å². The Kier molecular flexibility index (Phi) is 3.85. The Morgan fingerprint density at radius 3 is 2.63 bits per heavy atom. The van der Waals surface area contributed by atoms with Crippen LogP contribution in [-0.4, -0.2) is 11.1 Å². The third kappa shape index (κ3) is 3.12. The average molecular weight is 324 g/mol.